The first-order valence-electron chi connectivity index (χ1n) is 5.32. The third-order valence-electron chi connectivity index (χ3n) is 4.05. The van der Waals surface area contributed by atoms with E-state index in [9.17, 15) is 8.42 Å². The average Bonchev–Trinajstić information content (AvgIpc) is 2.16. The van der Waals surface area contributed by atoms with E-state index in [1.54, 1.807) is 7.11 Å². The number of hydrogen-bond acceptors (Lipinski definition) is 3. The van der Waals surface area contributed by atoms with E-state index >= 15 is 0 Å². The lowest BCUT2D eigenvalue weighted by molar-refractivity contribution is -0.175. The third-order valence-corrected chi connectivity index (χ3v) is 5.59. The van der Waals surface area contributed by atoms with Crippen LogP contribution < -0.4 is 4.72 Å². The van der Waals surface area contributed by atoms with Gasteiger partial charge in [-0.3, -0.25) is 0 Å². The van der Waals surface area contributed by atoms with Gasteiger partial charge in [0, 0.05) is 32.7 Å². The van der Waals surface area contributed by atoms with Crippen LogP contribution in [0.2, 0.25) is 0 Å². The zero-order chi connectivity index (χ0) is 12.8. The van der Waals surface area contributed by atoms with E-state index in [1.165, 1.54) is 18.4 Å². The minimum absolute atomic E-state index is 0.0788. The van der Waals surface area contributed by atoms with Gasteiger partial charge in [-0.25, -0.2) is 0 Å². The zero-order valence-corrected chi connectivity index (χ0v) is 11.7. The monoisotopic (exact) mass is 250 g/mol. The van der Waals surface area contributed by atoms with Crippen molar-refractivity contribution in [2.75, 3.05) is 21.2 Å². The first-order chi connectivity index (χ1) is 7.07. The van der Waals surface area contributed by atoms with Gasteiger partial charge in [0.1, 0.15) is 0 Å². The highest BCUT2D eigenvalue weighted by Crippen LogP contribution is 2.51. The highest BCUT2D eigenvalue weighted by molar-refractivity contribution is 7.87. The standard InChI is InChI=1S/C10H22N2O3S/c1-9(2)8(7-10(9,3)15-6)11-16(13,14)12(4)5/h8,11H,7H2,1-6H3/t8-,10-/m1/s1. The van der Waals surface area contributed by atoms with Gasteiger partial charge in [-0.2, -0.15) is 17.4 Å². The van der Waals surface area contributed by atoms with Gasteiger partial charge < -0.3 is 4.74 Å². The van der Waals surface area contributed by atoms with E-state index in [0.717, 1.165) is 0 Å². The Bertz CT molecular complexity index is 364. The number of ether oxygens (including phenoxy) is 1. The Morgan fingerprint density at radius 1 is 1.31 bits per heavy atom. The molecule has 0 heterocycles. The molecule has 5 nitrogen and oxygen atoms in total. The van der Waals surface area contributed by atoms with E-state index in [1.807, 2.05) is 20.8 Å². The second kappa shape index (κ2) is 3.94. The van der Waals surface area contributed by atoms with Gasteiger partial charge in [0.25, 0.3) is 10.2 Å². The molecule has 0 aromatic rings. The summed E-state index contributed by atoms with van der Waals surface area (Å²) in [6.07, 6.45) is 0.698. The quantitative estimate of drug-likeness (QED) is 0.794. The molecule has 16 heavy (non-hydrogen) atoms. The molecule has 1 rings (SSSR count). The Morgan fingerprint density at radius 3 is 2.12 bits per heavy atom. The molecule has 0 aliphatic heterocycles. The van der Waals surface area contributed by atoms with Crippen molar-refractivity contribution in [3.05, 3.63) is 0 Å². The van der Waals surface area contributed by atoms with E-state index in [2.05, 4.69) is 4.72 Å². The summed E-state index contributed by atoms with van der Waals surface area (Å²) in [6.45, 7) is 6.04. The summed E-state index contributed by atoms with van der Waals surface area (Å²) in [5.74, 6) is 0. The van der Waals surface area contributed by atoms with Crippen molar-refractivity contribution < 1.29 is 13.2 Å². The molecule has 0 spiro atoms. The predicted octanol–water partition coefficient (Wildman–Crippen LogP) is 0.586. The smallest absolute Gasteiger partial charge is 0.279 e. The molecule has 0 unspecified atom stereocenters. The fourth-order valence-electron chi connectivity index (χ4n) is 1.97. The predicted molar refractivity (Wildman–Crippen MR) is 63.3 cm³/mol. The van der Waals surface area contributed by atoms with Crippen LogP contribution in [0.25, 0.3) is 0 Å². The zero-order valence-electron chi connectivity index (χ0n) is 10.9. The molecule has 0 amide bonds. The number of hydrogen-bond donors (Lipinski definition) is 1. The molecule has 6 heteroatoms. The van der Waals surface area contributed by atoms with Crippen LogP contribution in [0.4, 0.5) is 0 Å². The van der Waals surface area contributed by atoms with Gasteiger partial charge in [0.15, 0.2) is 0 Å². The van der Waals surface area contributed by atoms with Crippen LogP contribution in [0.3, 0.4) is 0 Å². The molecule has 2 atom stereocenters. The second-order valence-corrected chi connectivity index (χ2v) is 7.23. The molecule has 1 aliphatic carbocycles. The van der Waals surface area contributed by atoms with Gasteiger partial charge in [-0.15, -0.1) is 0 Å². The highest BCUT2D eigenvalue weighted by atomic mass is 32.2. The summed E-state index contributed by atoms with van der Waals surface area (Å²) in [5, 5.41) is 0. The Hall–Kier alpha value is -0.170. The van der Waals surface area contributed by atoms with E-state index in [-0.39, 0.29) is 17.1 Å². The molecular formula is C10H22N2O3S. The van der Waals surface area contributed by atoms with Crippen molar-refractivity contribution >= 4 is 10.2 Å². The van der Waals surface area contributed by atoms with E-state index < -0.39 is 10.2 Å². The molecule has 1 fully saturated rings. The van der Waals surface area contributed by atoms with Crippen molar-refractivity contribution in [3.8, 4) is 0 Å². The summed E-state index contributed by atoms with van der Waals surface area (Å²) in [4.78, 5) is 0. The van der Waals surface area contributed by atoms with Crippen LogP contribution in [0.5, 0.6) is 0 Å². The van der Waals surface area contributed by atoms with Crippen LogP contribution in [0.15, 0.2) is 0 Å². The van der Waals surface area contributed by atoms with Crippen molar-refractivity contribution in [2.45, 2.75) is 38.8 Å². The molecule has 0 aromatic heterocycles. The number of methoxy groups -OCH3 is 1. The van der Waals surface area contributed by atoms with Gasteiger partial charge in [0.2, 0.25) is 0 Å². The number of rotatable bonds is 4. The van der Waals surface area contributed by atoms with Crippen molar-refractivity contribution in [3.63, 3.8) is 0 Å². The van der Waals surface area contributed by atoms with E-state index in [0.29, 0.717) is 6.42 Å². The molecule has 0 radical (unpaired) electrons. The maximum Gasteiger partial charge on any atom is 0.279 e. The summed E-state index contributed by atoms with van der Waals surface area (Å²) in [6, 6.07) is -0.0788. The molecule has 1 saturated carbocycles. The van der Waals surface area contributed by atoms with Crippen molar-refractivity contribution in [1.29, 1.82) is 0 Å². The molecule has 0 bridgehead atoms. The minimum Gasteiger partial charge on any atom is -0.378 e. The summed E-state index contributed by atoms with van der Waals surface area (Å²) in [5.41, 5.74) is -0.461. The van der Waals surface area contributed by atoms with Gasteiger partial charge >= 0.3 is 0 Å². The van der Waals surface area contributed by atoms with Gasteiger partial charge in [-0.1, -0.05) is 13.8 Å². The Balaban J connectivity index is 2.76. The summed E-state index contributed by atoms with van der Waals surface area (Å²) < 4.78 is 32.7. The van der Waals surface area contributed by atoms with Crippen LogP contribution in [-0.2, 0) is 14.9 Å². The molecule has 96 valence electrons. The Morgan fingerprint density at radius 2 is 1.81 bits per heavy atom. The molecule has 1 aliphatic rings. The molecular weight excluding hydrogens is 228 g/mol. The fraction of sp³-hybridized carbons (Fsp3) is 1.00. The number of nitrogens with zero attached hydrogens (tertiary/aromatic N) is 1. The topological polar surface area (TPSA) is 58.6 Å². The lowest BCUT2D eigenvalue weighted by Gasteiger charge is -2.59. The maximum atomic E-state index is 11.7. The molecule has 1 N–H and O–H groups in total. The van der Waals surface area contributed by atoms with Crippen LogP contribution in [-0.4, -0.2) is 45.6 Å². The molecule has 0 aromatic carbocycles. The first-order valence-corrected chi connectivity index (χ1v) is 6.76. The Kier molecular flexibility index (Phi) is 3.42. The Labute approximate surface area is 98.3 Å². The van der Waals surface area contributed by atoms with Crippen LogP contribution >= 0.6 is 0 Å². The number of nitrogens with one attached hydrogen (secondary N) is 1. The summed E-state index contributed by atoms with van der Waals surface area (Å²) >= 11 is 0. The lowest BCUT2D eigenvalue weighted by Crippen LogP contribution is -2.69. The SMILES string of the molecule is CO[C@]1(C)C[C@@H](NS(=O)(=O)N(C)C)C1(C)C. The fourth-order valence-corrected chi connectivity index (χ4v) is 2.91. The van der Waals surface area contributed by atoms with Crippen LogP contribution in [0, 0.1) is 5.41 Å². The summed E-state index contributed by atoms with van der Waals surface area (Å²) in [7, 11) is 1.34. The first kappa shape index (κ1) is 13.9. The van der Waals surface area contributed by atoms with E-state index in [4.69, 9.17) is 4.74 Å². The maximum absolute atomic E-state index is 11.7. The normalized spacial score (nSPS) is 33.8. The van der Waals surface area contributed by atoms with Gasteiger partial charge in [-0.05, 0) is 13.3 Å². The van der Waals surface area contributed by atoms with Crippen molar-refractivity contribution in [1.82, 2.24) is 9.03 Å². The second-order valence-electron chi connectivity index (χ2n) is 5.32. The minimum atomic E-state index is -3.36. The third kappa shape index (κ3) is 1.99. The molecule has 0 saturated heterocycles. The van der Waals surface area contributed by atoms with Crippen LogP contribution in [0.1, 0.15) is 27.2 Å². The lowest BCUT2D eigenvalue weighted by atomic mass is 9.56. The largest absolute Gasteiger partial charge is 0.378 e. The van der Waals surface area contributed by atoms with Gasteiger partial charge in [0.05, 0.1) is 5.60 Å². The van der Waals surface area contributed by atoms with Crippen molar-refractivity contribution in [2.24, 2.45) is 5.41 Å². The average molecular weight is 250 g/mol. The highest BCUT2D eigenvalue weighted by Gasteiger charge is 2.58.